The molecule has 1 aromatic heterocycles. The lowest BCUT2D eigenvalue weighted by Gasteiger charge is -2.30. The molecule has 1 amide bonds. The number of hydrogen-bond donors (Lipinski definition) is 2. The van der Waals surface area contributed by atoms with Crippen LogP contribution in [0.4, 0.5) is 5.13 Å². The van der Waals surface area contributed by atoms with E-state index in [9.17, 15) is 13.2 Å². The zero-order valence-corrected chi connectivity index (χ0v) is 16.9. The third-order valence-corrected chi connectivity index (χ3v) is 7.96. The summed E-state index contributed by atoms with van der Waals surface area (Å²) in [4.78, 5) is 16.9. The molecule has 0 saturated heterocycles. The number of amides is 1. The van der Waals surface area contributed by atoms with Crippen LogP contribution in [0.5, 0.6) is 0 Å². The summed E-state index contributed by atoms with van der Waals surface area (Å²) in [7, 11) is -3.36. The topological polar surface area (TPSA) is 88.2 Å². The fourth-order valence-electron chi connectivity index (χ4n) is 3.00. The SMILES string of the molecule is CC(C)(C)S(=O)(=O)N[C@H]1CC[C@H](C(=O)Nc2nc3ccccc3s2)CC1. The molecule has 0 unspecified atom stereocenters. The van der Waals surface area contributed by atoms with E-state index in [0.717, 1.165) is 10.2 Å². The molecule has 0 bridgehead atoms. The Morgan fingerprint density at radius 1 is 1.15 bits per heavy atom. The van der Waals surface area contributed by atoms with E-state index in [4.69, 9.17) is 0 Å². The predicted octanol–water partition coefficient (Wildman–Crippen LogP) is 3.51. The summed E-state index contributed by atoms with van der Waals surface area (Å²) >= 11 is 1.47. The number of fused-ring (bicyclic) bond motifs is 1. The Hall–Kier alpha value is -1.51. The molecule has 1 aliphatic carbocycles. The second-order valence-electron chi connectivity index (χ2n) is 7.76. The van der Waals surface area contributed by atoms with E-state index in [0.29, 0.717) is 30.8 Å². The number of nitrogens with zero attached hydrogens (tertiary/aromatic N) is 1. The average Bonchev–Trinajstić information content (AvgIpc) is 2.96. The van der Waals surface area contributed by atoms with Gasteiger partial charge in [-0.2, -0.15) is 0 Å². The zero-order chi connectivity index (χ0) is 18.9. The van der Waals surface area contributed by atoms with Crippen LogP contribution in [0.3, 0.4) is 0 Å². The van der Waals surface area contributed by atoms with E-state index in [1.54, 1.807) is 20.8 Å². The lowest BCUT2D eigenvalue weighted by atomic mass is 9.86. The van der Waals surface area contributed by atoms with Crippen molar-refractivity contribution < 1.29 is 13.2 Å². The number of sulfonamides is 1. The van der Waals surface area contributed by atoms with Crippen molar-refractivity contribution in [1.82, 2.24) is 9.71 Å². The molecule has 8 heteroatoms. The van der Waals surface area contributed by atoms with Gasteiger partial charge >= 0.3 is 0 Å². The summed E-state index contributed by atoms with van der Waals surface area (Å²) in [5.74, 6) is -0.126. The Balaban J connectivity index is 1.55. The Morgan fingerprint density at radius 3 is 2.42 bits per heavy atom. The van der Waals surface area contributed by atoms with Crippen LogP contribution in [0.1, 0.15) is 46.5 Å². The van der Waals surface area contributed by atoms with Crippen molar-refractivity contribution in [3.8, 4) is 0 Å². The first-order valence-electron chi connectivity index (χ1n) is 8.84. The molecule has 142 valence electrons. The maximum Gasteiger partial charge on any atom is 0.229 e. The summed E-state index contributed by atoms with van der Waals surface area (Å²) in [6.07, 6.45) is 2.70. The van der Waals surface area contributed by atoms with E-state index in [1.807, 2.05) is 24.3 Å². The van der Waals surface area contributed by atoms with Crippen LogP contribution >= 0.6 is 11.3 Å². The van der Waals surface area contributed by atoms with E-state index in [-0.39, 0.29) is 17.9 Å². The molecular weight excluding hydrogens is 370 g/mol. The molecule has 1 fully saturated rings. The monoisotopic (exact) mass is 395 g/mol. The number of aromatic nitrogens is 1. The van der Waals surface area contributed by atoms with Crippen molar-refractivity contribution in [3.05, 3.63) is 24.3 Å². The van der Waals surface area contributed by atoms with Crippen LogP contribution in [-0.2, 0) is 14.8 Å². The summed E-state index contributed by atoms with van der Waals surface area (Å²) in [6.45, 7) is 5.06. The molecule has 1 aromatic carbocycles. The molecule has 1 heterocycles. The van der Waals surface area contributed by atoms with Crippen LogP contribution in [0, 0.1) is 5.92 Å². The highest BCUT2D eigenvalue weighted by Gasteiger charge is 2.34. The van der Waals surface area contributed by atoms with Gasteiger partial charge in [0.15, 0.2) is 5.13 Å². The van der Waals surface area contributed by atoms with Crippen LogP contribution in [0.25, 0.3) is 10.2 Å². The van der Waals surface area contributed by atoms with Crippen LogP contribution in [0.15, 0.2) is 24.3 Å². The number of carbonyl (C=O) groups excluding carboxylic acids is 1. The molecule has 0 atom stereocenters. The smallest absolute Gasteiger partial charge is 0.229 e. The maximum atomic E-state index is 12.5. The molecule has 6 nitrogen and oxygen atoms in total. The Kier molecular flexibility index (Phi) is 5.37. The van der Waals surface area contributed by atoms with Gasteiger partial charge in [-0.25, -0.2) is 18.1 Å². The summed E-state index contributed by atoms with van der Waals surface area (Å²) in [5.41, 5.74) is 0.882. The molecule has 0 spiro atoms. The molecule has 0 aliphatic heterocycles. The largest absolute Gasteiger partial charge is 0.302 e. The molecule has 1 aliphatic rings. The van der Waals surface area contributed by atoms with Gasteiger partial charge in [-0.05, 0) is 58.6 Å². The third kappa shape index (κ3) is 4.24. The van der Waals surface area contributed by atoms with Crippen molar-refractivity contribution >= 4 is 42.6 Å². The van der Waals surface area contributed by atoms with Crippen molar-refractivity contribution in [2.45, 2.75) is 57.2 Å². The van der Waals surface area contributed by atoms with Gasteiger partial charge in [0.2, 0.25) is 15.9 Å². The third-order valence-electron chi connectivity index (χ3n) is 4.75. The lowest BCUT2D eigenvalue weighted by Crippen LogP contribution is -2.46. The summed E-state index contributed by atoms with van der Waals surface area (Å²) < 4.78 is 27.5. The highest BCUT2D eigenvalue weighted by atomic mass is 32.2. The van der Waals surface area contributed by atoms with E-state index < -0.39 is 14.8 Å². The molecule has 0 radical (unpaired) electrons. The normalized spacial score (nSPS) is 21.7. The molecule has 1 saturated carbocycles. The lowest BCUT2D eigenvalue weighted by molar-refractivity contribution is -0.120. The summed E-state index contributed by atoms with van der Waals surface area (Å²) in [5, 5.41) is 3.54. The molecule has 2 N–H and O–H groups in total. The van der Waals surface area contributed by atoms with Gasteiger partial charge in [-0.3, -0.25) is 4.79 Å². The van der Waals surface area contributed by atoms with Gasteiger partial charge < -0.3 is 5.32 Å². The van der Waals surface area contributed by atoms with Crippen LogP contribution in [-0.4, -0.2) is 30.1 Å². The molecule has 26 heavy (non-hydrogen) atoms. The van der Waals surface area contributed by atoms with Crippen molar-refractivity contribution in [3.63, 3.8) is 0 Å². The number of hydrogen-bond acceptors (Lipinski definition) is 5. The second kappa shape index (κ2) is 7.25. The number of nitrogens with one attached hydrogen (secondary N) is 2. The van der Waals surface area contributed by atoms with Gasteiger partial charge in [0, 0.05) is 12.0 Å². The number of thiazole rings is 1. The average molecular weight is 396 g/mol. The summed E-state index contributed by atoms with van der Waals surface area (Å²) in [6, 6.07) is 7.69. The molecule has 3 rings (SSSR count). The second-order valence-corrected chi connectivity index (χ2v) is 11.3. The minimum atomic E-state index is -3.36. The van der Waals surface area contributed by atoms with Crippen molar-refractivity contribution in [2.75, 3.05) is 5.32 Å². The van der Waals surface area contributed by atoms with Crippen LogP contribution in [0.2, 0.25) is 0 Å². The van der Waals surface area contributed by atoms with E-state index >= 15 is 0 Å². The highest BCUT2D eigenvalue weighted by molar-refractivity contribution is 7.90. The first kappa shape index (κ1) is 19.3. The van der Waals surface area contributed by atoms with E-state index in [2.05, 4.69) is 15.0 Å². The van der Waals surface area contributed by atoms with Gasteiger partial charge in [-0.15, -0.1) is 0 Å². The number of carbonyl (C=O) groups is 1. The minimum absolute atomic E-state index is 0.0267. The Morgan fingerprint density at radius 2 is 1.81 bits per heavy atom. The number of para-hydroxylation sites is 1. The van der Waals surface area contributed by atoms with Crippen LogP contribution < -0.4 is 10.0 Å². The fourth-order valence-corrected chi connectivity index (χ4v) is 4.90. The number of anilines is 1. The minimum Gasteiger partial charge on any atom is -0.302 e. The zero-order valence-electron chi connectivity index (χ0n) is 15.3. The fraction of sp³-hybridized carbons (Fsp3) is 0.556. The van der Waals surface area contributed by atoms with Crippen molar-refractivity contribution in [1.29, 1.82) is 0 Å². The van der Waals surface area contributed by atoms with Crippen molar-refractivity contribution in [2.24, 2.45) is 5.92 Å². The Labute approximate surface area is 158 Å². The number of rotatable bonds is 4. The van der Waals surface area contributed by atoms with Gasteiger partial charge in [0.1, 0.15) is 0 Å². The van der Waals surface area contributed by atoms with Gasteiger partial charge in [-0.1, -0.05) is 23.5 Å². The number of benzene rings is 1. The molecular formula is C18H25N3O3S2. The van der Waals surface area contributed by atoms with E-state index in [1.165, 1.54) is 11.3 Å². The molecule has 2 aromatic rings. The standard InChI is InChI=1S/C18H25N3O3S2/c1-18(2,3)26(23,24)21-13-10-8-12(9-11-13)16(22)20-17-19-14-6-4-5-7-15(14)25-17/h4-7,12-13,21H,8-11H2,1-3H3,(H,19,20,22)/t12-,13-. The predicted molar refractivity (Wildman–Crippen MR) is 106 cm³/mol. The highest BCUT2D eigenvalue weighted by Crippen LogP contribution is 2.29. The van der Waals surface area contributed by atoms with Gasteiger partial charge in [0.25, 0.3) is 0 Å². The first-order valence-corrected chi connectivity index (χ1v) is 11.1. The quantitative estimate of drug-likeness (QED) is 0.829. The Bertz CT molecular complexity index is 859. The van der Waals surface area contributed by atoms with Gasteiger partial charge in [0.05, 0.1) is 15.0 Å². The first-order chi connectivity index (χ1) is 12.2. The maximum absolute atomic E-state index is 12.5.